The summed E-state index contributed by atoms with van der Waals surface area (Å²) in [4.78, 5) is 0.125. The van der Waals surface area contributed by atoms with Crippen LogP contribution in [0.25, 0.3) is 0 Å². The zero-order valence-corrected chi connectivity index (χ0v) is 11.2. The molecule has 0 amide bonds. The third-order valence-electron chi connectivity index (χ3n) is 2.30. The maximum absolute atomic E-state index is 12.0. The first kappa shape index (κ1) is 12.9. The van der Waals surface area contributed by atoms with Crippen LogP contribution in [0.5, 0.6) is 0 Å². The summed E-state index contributed by atoms with van der Waals surface area (Å²) in [7, 11) is -1.84. The molecule has 0 saturated carbocycles. The van der Waals surface area contributed by atoms with E-state index in [4.69, 9.17) is 11.6 Å². The molecular formula is C12H11ClN2O2S. The van der Waals surface area contributed by atoms with Crippen LogP contribution >= 0.6 is 11.6 Å². The third kappa shape index (κ3) is 3.00. The molecule has 1 aromatic heterocycles. The van der Waals surface area contributed by atoms with Crippen LogP contribution < -0.4 is 5.36 Å². The van der Waals surface area contributed by atoms with E-state index in [1.165, 1.54) is 24.3 Å². The van der Waals surface area contributed by atoms with Gasteiger partial charge in [-0.3, -0.25) is 0 Å². The second-order valence-electron chi connectivity index (χ2n) is 3.74. The summed E-state index contributed by atoms with van der Waals surface area (Å²) in [6.45, 7) is 0. The SMILES string of the molecule is Cn1ccc(=NS(=O)(=O)c2ccc(Cl)cc2)cc1. The minimum Gasteiger partial charge on any atom is -0.357 e. The summed E-state index contributed by atoms with van der Waals surface area (Å²) in [5.74, 6) is 0. The van der Waals surface area contributed by atoms with Crippen molar-refractivity contribution in [3.05, 3.63) is 59.2 Å². The Balaban J connectivity index is 2.47. The average molecular weight is 283 g/mol. The van der Waals surface area contributed by atoms with Crippen molar-refractivity contribution in [2.75, 3.05) is 0 Å². The molecular weight excluding hydrogens is 272 g/mol. The number of hydrogen-bond donors (Lipinski definition) is 0. The molecule has 2 rings (SSSR count). The molecule has 0 unspecified atom stereocenters. The van der Waals surface area contributed by atoms with Crippen LogP contribution in [0.1, 0.15) is 0 Å². The van der Waals surface area contributed by atoms with Crippen molar-refractivity contribution in [2.24, 2.45) is 11.4 Å². The van der Waals surface area contributed by atoms with Gasteiger partial charge in [0.1, 0.15) is 0 Å². The van der Waals surface area contributed by atoms with Crippen LogP contribution in [0.4, 0.5) is 0 Å². The molecule has 0 bridgehead atoms. The lowest BCUT2D eigenvalue weighted by Crippen LogP contribution is -2.08. The van der Waals surface area contributed by atoms with Gasteiger partial charge >= 0.3 is 0 Å². The minimum atomic E-state index is -3.69. The summed E-state index contributed by atoms with van der Waals surface area (Å²) in [6.07, 6.45) is 3.46. The van der Waals surface area contributed by atoms with Gasteiger partial charge < -0.3 is 4.57 Å². The van der Waals surface area contributed by atoms with Gasteiger partial charge in [-0.25, -0.2) is 0 Å². The number of aromatic nitrogens is 1. The lowest BCUT2D eigenvalue weighted by molar-refractivity contribution is 0.596. The van der Waals surface area contributed by atoms with Gasteiger partial charge in [0, 0.05) is 24.5 Å². The number of sulfonamides is 1. The maximum atomic E-state index is 12.0. The van der Waals surface area contributed by atoms with Gasteiger partial charge in [-0.15, -0.1) is 0 Å². The Labute approximate surface area is 110 Å². The molecule has 1 aromatic carbocycles. The van der Waals surface area contributed by atoms with Crippen LogP contribution in [-0.2, 0) is 17.1 Å². The van der Waals surface area contributed by atoms with Crippen molar-refractivity contribution in [1.29, 1.82) is 0 Å². The summed E-state index contributed by atoms with van der Waals surface area (Å²) in [5, 5.41) is 0.878. The molecule has 2 aromatic rings. The molecule has 4 nitrogen and oxygen atoms in total. The van der Waals surface area contributed by atoms with Crippen LogP contribution in [-0.4, -0.2) is 13.0 Å². The van der Waals surface area contributed by atoms with E-state index in [2.05, 4.69) is 4.40 Å². The molecule has 18 heavy (non-hydrogen) atoms. The number of aryl methyl sites for hydroxylation is 1. The molecule has 0 fully saturated rings. The molecule has 0 atom stereocenters. The van der Waals surface area contributed by atoms with Gasteiger partial charge in [-0.1, -0.05) is 11.6 Å². The lowest BCUT2D eigenvalue weighted by Gasteiger charge is -1.99. The van der Waals surface area contributed by atoms with E-state index in [0.29, 0.717) is 10.4 Å². The smallest absolute Gasteiger partial charge is 0.282 e. The maximum Gasteiger partial charge on any atom is 0.282 e. The van der Waals surface area contributed by atoms with Crippen molar-refractivity contribution in [1.82, 2.24) is 4.57 Å². The topological polar surface area (TPSA) is 51.4 Å². The Morgan fingerprint density at radius 2 is 1.61 bits per heavy atom. The van der Waals surface area contributed by atoms with Crippen LogP contribution in [0.3, 0.4) is 0 Å². The second kappa shape index (κ2) is 4.96. The van der Waals surface area contributed by atoms with Crippen LogP contribution in [0.15, 0.2) is 58.1 Å². The molecule has 0 spiro atoms. The molecule has 0 aliphatic carbocycles. The van der Waals surface area contributed by atoms with Crippen molar-refractivity contribution in [3.63, 3.8) is 0 Å². The number of pyridine rings is 1. The Kier molecular flexibility index (Phi) is 3.54. The number of rotatable bonds is 2. The first-order chi connectivity index (χ1) is 8.47. The zero-order chi connectivity index (χ0) is 13.2. The Bertz CT molecular complexity index is 698. The largest absolute Gasteiger partial charge is 0.357 e. The van der Waals surface area contributed by atoms with E-state index in [1.54, 1.807) is 29.1 Å². The average Bonchev–Trinajstić information content (AvgIpc) is 2.32. The zero-order valence-electron chi connectivity index (χ0n) is 9.62. The Morgan fingerprint density at radius 3 is 2.17 bits per heavy atom. The molecule has 0 aliphatic heterocycles. The molecule has 0 aliphatic rings. The number of halogens is 1. The standard InChI is InChI=1S/C12H11ClN2O2S/c1-15-8-6-11(7-9-15)14-18(16,17)12-4-2-10(13)3-5-12/h2-9H,1H3. The highest BCUT2D eigenvalue weighted by molar-refractivity contribution is 7.90. The predicted octanol–water partition coefficient (Wildman–Crippen LogP) is 1.97. The summed E-state index contributed by atoms with van der Waals surface area (Å²) in [5.41, 5.74) is 0. The number of benzene rings is 1. The number of hydrogen-bond acceptors (Lipinski definition) is 2. The van der Waals surface area contributed by atoms with Gasteiger partial charge in [0.2, 0.25) is 0 Å². The minimum absolute atomic E-state index is 0.125. The second-order valence-corrected chi connectivity index (χ2v) is 5.78. The quantitative estimate of drug-likeness (QED) is 0.845. The van der Waals surface area contributed by atoms with Gasteiger partial charge in [-0.2, -0.15) is 12.8 Å². The highest BCUT2D eigenvalue weighted by atomic mass is 35.5. The van der Waals surface area contributed by atoms with Crippen molar-refractivity contribution in [3.8, 4) is 0 Å². The van der Waals surface area contributed by atoms with E-state index in [1.807, 2.05) is 7.05 Å². The van der Waals surface area contributed by atoms with Crippen LogP contribution in [0, 0.1) is 0 Å². The first-order valence-electron chi connectivity index (χ1n) is 5.16. The monoisotopic (exact) mass is 282 g/mol. The third-order valence-corrected chi connectivity index (χ3v) is 3.87. The fraction of sp³-hybridized carbons (Fsp3) is 0.0833. The van der Waals surface area contributed by atoms with Crippen molar-refractivity contribution < 1.29 is 8.42 Å². The Morgan fingerprint density at radius 1 is 1.06 bits per heavy atom. The van der Waals surface area contributed by atoms with Crippen LogP contribution in [0.2, 0.25) is 5.02 Å². The fourth-order valence-corrected chi connectivity index (χ4v) is 2.46. The summed E-state index contributed by atoms with van der Waals surface area (Å²) >= 11 is 5.71. The van der Waals surface area contributed by atoms with E-state index in [-0.39, 0.29) is 4.90 Å². The van der Waals surface area contributed by atoms with E-state index in [9.17, 15) is 8.42 Å². The van der Waals surface area contributed by atoms with E-state index >= 15 is 0 Å². The molecule has 0 saturated heterocycles. The molecule has 0 radical (unpaired) electrons. The molecule has 1 heterocycles. The van der Waals surface area contributed by atoms with Crippen molar-refractivity contribution >= 4 is 21.6 Å². The van der Waals surface area contributed by atoms with Gasteiger partial charge in [0.25, 0.3) is 10.0 Å². The predicted molar refractivity (Wildman–Crippen MR) is 69.6 cm³/mol. The molecule has 6 heteroatoms. The van der Waals surface area contributed by atoms with E-state index < -0.39 is 10.0 Å². The summed E-state index contributed by atoms with van der Waals surface area (Å²) in [6, 6.07) is 9.18. The first-order valence-corrected chi connectivity index (χ1v) is 6.98. The molecule has 0 N–H and O–H groups in total. The molecule has 94 valence electrons. The van der Waals surface area contributed by atoms with Crippen molar-refractivity contribution in [2.45, 2.75) is 4.90 Å². The van der Waals surface area contributed by atoms with Gasteiger partial charge in [0.15, 0.2) is 0 Å². The van der Waals surface area contributed by atoms with E-state index in [0.717, 1.165) is 0 Å². The van der Waals surface area contributed by atoms with Gasteiger partial charge in [-0.05, 0) is 36.4 Å². The number of nitrogens with zero attached hydrogens (tertiary/aromatic N) is 2. The lowest BCUT2D eigenvalue weighted by atomic mass is 10.4. The summed E-state index contributed by atoms with van der Waals surface area (Å²) < 4.78 is 29.5. The highest BCUT2D eigenvalue weighted by Gasteiger charge is 2.11. The highest BCUT2D eigenvalue weighted by Crippen LogP contribution is 2.15. The Hall–Kier alpha value is -1.59. The normalized spacial score (nSPS) is 11.2. The van der Waals surface area contributed by atoms with Gasteiger partial charge in [0.05, 0.1) is 10.3 Å². The fourth-order valence-electron chi connectivity index (χ4n) is 1.35.